The third-order valence-corrected chi connectivity index (χ3v) is 3.24. The summed E-state index contributed by atoms with van der Waals surface area (Å²) in [6.45, 7) is 5.90. The average Bonchev–Trinajstić information content (AvgIpc) is 2.96. The summed E-state index contributed by atoms with van der Waals surface area (Å²) >= 11 is 5.88. The number of amides is 2. The van der Waals surface area contributed by atoms with E-state index in [1.165, 1.54) is 0 Å². The molecule has 0 bridgehead atoms. The van der Waals surface area contributed by atoms with Gasteiger partial charge in [0.1, 0.15) is 0 Å². The second-order valence-electron chi connectivity index (χ2n) is 5.92. The Hall–Kier alpha value is -1.22. The van der Waals surface area contributed by atoms with Crippen molar-refractivity contribution in [1.29, 1.82) is 0 Å². The van der Waals surface area contributed by atoms with Gasteiger partial charge in [0.05, 0.1) is 5.54 Å². The van der Waals surface area contributed by atoms with Crippen molar-refractivity contribution in [2.24, 2.45) is 0 Å². The Bertz CT molecular complexity index is 444. The Morgan fingerprint density at radius 3 is 2.22 bits per heavy atom. The first kappa shape index (κ1) is 13.2. The van der Waals surface area contributed by atoms with Gasteiger partial charge in [0.15, 0.2) is 0 Å². The van der Waals surface area contributed by atoms with E-state index in [1.54, 1.807) is 0 Å². The molecule has 1 aromatic carbocycles. The molecule has 18 heavy (non-hydrogen) atoms. The van der Waals surface area contributed by atoms with Crippen LogP contribution in [0.1, 0.15) is 39.2 Å². The quantitative estimate of drug-likeness (QED) is 0.846. The Morgan fingerprint density at radius 1 is 1.22 bits per heavy atom. The van der Waals surface area contributed by atoms with Crippen LogP contribution in [-0.4, -0.2) is 11.6 Å². The maximum atomic E-state index is 11.9. The van der Waals surface area contributed by atoms with Crippen LogP contribution in [-0.2, 0) is 5.54 Å². The van der Waals surface area contributed by atoms with Crippen LogP contribution in [0.25, 0.3) is 0 Å². The molecule has 0 atom stereocenters. The molecule has 0 heterocycles. The second-order valence-corrected chi connectivity index (χ2v) is 6.35. The molecule has 1 aliphatic carbocycles. The van der Waals surface area contributed by atoms with Crippen LogP contribution in [0.5, 0.6) is 0 Å². The zero-order valence-electron chi connectivity index (χ0n) is 11.0. The van der Waals surface area contributed by atoms with Gasteiger partial charge in [-0.05, 0) is 51.3 Å². The largest absolute Gasteiger partial charge is 0.334 e. The van der Waals surface area contributed by atoms with Gasteiger partial charge < -0.3 is 10.6 Å². The lowest BCUT2D eigenvalue weighted by Gasteiger charge is -2.24. The molecule has 0 radical (unpaired) electrons. The van der Waals surface area contributed by atoms with Crippen LogP contribution in [0.4, 0.5) is 4.79 Å². The standard InChI is InChI=1S/C14H19ClN2O/c1-13(2,3)16-12(18)17-14(8-9-14)10-4-6-11(15)7-5-10/h4-7H,8-9H2,1-3H3,(H2,16,17,18). The summed E-state index contributed by atoms with van der Waals surface area (Å²) in [6.07, 6.45) is 1.96. The van der Waals surface area contributed by atoms with Crippen LogP contribution in [0.15, 0.2) is 24.3 Å². The summed E-state index contributed by atoms with van der Waals surface area (Å²) in [6, 6.07) is 7.56. The highest BCUT2D eigenvalue weighted by Gasteiger charge is 2.45. The fraction of sp³-hybridized carbons (Fsp3) is 0.500. The van der Waals surface area contributed by atoms with E-state index < -0.39 is 0 Å². The van der Waals surface area contributed by atoms with Crippen molar-refractivity contribution in [3.63, 3.8) is 0 Å². The summed E-state index contributed by atoms with van der Waals surface area (Å²) in [4.78, 5) is 11.9. The number of hydrogen-bond acceptors (Lipinski definition) is 1. The normalized spacial score (nSPS) is 17.1. The number of benzene rings is 1. The molecule has 1 saturated carbocycles. The van der Waals surface area contributed by atoms with E-state index in [9.17, 15) is 4.79 Å². The minimum absolute atomic E-state index is 0.116. The Balaban J connectivity index is 2.04. The number of urea groups is 1. The molecule has 0 spiro atoms. The zero-order chi connectivity index (χ0) is 13.4. The lowest BCUT2D eigenvalue weighted by molar-refractivity contribution is 0.227. The van der Waals surface area contributed by atoms with Crippen molar-refractivity contribution in [2.45, 2.75) is 44.7 Å². The van der Waals surface area contributed by atoms with E-state index in [-0.39, 0.29) is 17.1 Å². The van der Waals surface area contributed by atoms with Crippen molar-refractivity contribution < 1.29 is 4.79 Å². The van der Waals surface area contributed by atoms with Crippen LogP contribution in [0, 0.1) is 0 Å². The Morgan fingerprint density at radius 2 is 1.78 bits per heavy atom. The first-order valence-corrected chi connectivity index (χ1v) is 6.55. The monoisotopic (exact) mass is 266 g/mol. The van der Waals surface area contributed by atoms with Gasteiger partial charge in [0.2, 0.25) is 0 Å². The maximum Gasteiger partial charge on any atom is 0.315 e. The van der Waals surface area contributed by atoms with Gasteiger partial charge >= 0.3 is 6.03 Å². The average molecular weight is 267 g/mol. The fourth-order valence-corrected chi connectivity index (χ4v) is 2.09. The molecule has 4 heteroatoms. The van der Waals surface area contributed by atoms with E-state index in [4.69, 9.17) is 11.6 Å². The van der Waals surface area contributed by atoms with Crippen molar-refractivity contribution in [3.05, 3.63) is 34.9 Å². The first-order valence-electron chi connectivity index (χ1n) is 6.17. The van der Waals surface area contributed by atoms with E-state index in [1.807, 2.05) is 45.0 Å². The summed E-state index contributed by atoms with van der Waals surface area (Å²) < 4.78 is 0. The maximum absolute atomic E-state index is 11.9. The molecule has 0 unspecified atom stereocenters. The minimum atomic E-state index is -0.222. The zero-order valence-corrected chi connectivity index (χ0v) is 11.8. The van der Waals surface area contributed by atoms with Crippen molar-refractivity contribution in [1.82, 2.24) is 10.6 Å². The Kier molecular flexibility index (Phi) is 3.28. The van der Waals surface area contributed by atoms with Gasteiger partial charge in [-0.3, -0.25) is 0 Å². The molecule has 0 saturated heterocycles. The molecule has 3 nitrogen and oxygen atoms in total. The molecule has 2 rings (SSSR count). The molecular formula is C14H19ClN2O. The Labute approximate surface area is 113 Å². The van der Waals surface area contributed by atoms with Gasteiger partial charge in [-0.15, -0.1) is 0 Å². The number of carbonyl (C=O) groups is 1. The highest BCUT2D eigenvalue weighted by molar-refractivity contribution is 6.30. The van der Waals surface area contributed by atoms with Gasteiger partial charge in [-0.2, -0.15) is 0 Å². The molecule has 98 valence electrons. The summed E-state index contributed by atoms with van der Waals surface area (Å²) in [7, 11) is 0. The molecule has 1 aliphatic rings. The van der Waals surface area contributed by atoms with Gasteiger partial charge in [-0.1, -0.05) is 23.7 Å². The molecule has 0 aliphatic heterocycles. The predicted octanol–water partition coefficient (Wildman–Crippen LogP) is 3.43. The number of carbonyl (C=O) groups excluding carboxylic acids is 1. The second kappa shape index (κ2) is 4.47. The van der Waals surface area contributed by atoms with Crippen LogP contribution < -0.4 is 10.6 Å². The van der Waals surface area contributed by atoms with E-state index in [0.29, 0.717) is 5.02 Å². The molecule has 1 aromatic rings. The van der Waals surface area contributed by atoms with Gasteiger partial charge in [-0.25, -0.2) is 4.79 Å². The number of halogens is 1. The smallest absolute Gasteiger partial charge is 0.315 e. The summed E-state index contributed by atoms with van der Waals surface area (Å²) in [5.74, 6) is 0. The van der Waals surface area contributed by atoms with Crippen molar-refractivity contribution >= 4 is 17.6 Å². The third-order valence-electron chi connectivity index (χ3n) is 2.99. The number of nitrogens with one attached hydrogen (secondary N) is 2. The number of hydrogen-bond donors (Lipinski definition) is 2. The topological polar surface area (TPSA) is 41.1 Å². The molecular weight excluding hydrogens is 248 g/mol. The van der Waals surface area contributed by atoms with E-state index in [2.05, 4.69) is 10.6 Å². The van der Waals surface area contributed by atoms with Gasteiger partial charge in [0.25, 0.3) is 0 Å². The van der Waals surface area contributed by atoms with Crippen LogP contribution in [0.2, 0.25) is 5.02 Å². The van der Waals surface area contributed by atoms with Crippen LogP contribution >= 0.6 is 11.6 Å². The summed E-state index contributed by atoms with van der Waals surface area (Å²) in [5.41, 5.74) is 0.705. The van der Waals surface area contributed by atoms with E-state index >= 15 is 0 Å². The highest BCUT2D eigenvalue weighted by atomic mass is 35.5. The minimum Gasteiger partial charge on any atom is -0.334 e. The molecule has 2 N–H and O–H groups in total. The molecule has 2 amide bonds. The number of rotatable bonds is 2. The lowest BCUT2D eigenvalue weighted by atomic mass is 10.1. The van der Waals surface area contributed by atoms with Crippen molar-refractivity contribution in [3.8, 4) is 0 Å². The highest BCUT2D eigenvalue weighted by Crippen LogP contribution is 2.45. The van der Waals surface area contributed by atoms with Crippen LogP contribution in [0.3, 0.4) is 0 Å². The third kappa shape index (κ3) is 3.16. The fourth-order valence-electron chi connectivity index (χ4n) is 1.97. The predicted molar refractivity (Wildman–Crippen MR) is 73.8 cm³/mol. The first-order chi connectivity index (χ1) is 8.31. The van der Waals surface area contributed by atoms with E-state index in [0.717, 1.165) is 18.4 Å². The van der Waals surface area contributed by atoms with Gasteiger partial charge in [0, 0.05) is 10.6 Å². The summed E-state index contributed by atoms with van der Waals surface area (Å²) in [5, 5.41) is 6.70. The molecule has 0 aromatic heterocycles. The SMILES string of the molecule is CC(C)(C)NC(=O)NC1(c2ccc(Cl)cc2)CC1. The lowest BCUT2D eigenvalue weighted by Crippen LogP contribution is -2.49. The van der Waals surface area contributed by atoms with Crippen molar-refractivity contribution in [2.75, 3.05) is 0 Å². The molecule has 1 fully saturated rings.